The molecule has 27 heavy (non-hydrogen) atoms. The molecule has 0 aliphatic heterocycles. The van der Waals surface area contributed by atoms with Gasteiger partial charge in [-0.3, -0.25) is 4.98 Å². The molecule has 0 radical (unpaired) electrons. The number of benzene rings is 1. The van der Waals surface area contributed by atoms with Crippen molar-refractivity contribution >= 4 is 5.96 Å². The van der Waals surface area contributed by atoms with Gasteiger partial charge in [0.2, 0.25) is 0 Å². The summed E-state index contributed by atoms with van der Waals surface area (Å²) in [7, 11) is 0. The SMILES string of the molecule is CCNC(=NCc1ccccn1)NCC1(c2cccc(C(F)(F)F)c2)CC1. The zero-order valence-electron chi connectivity index (χ0n) is 15.2. The predicted octanol–water partition coefficient (Wildman–Crippen LogP) is 3.89. The molecule has 1 aliphatic carbocycles. The maximum absolute atomic E-state index is 13.0. The summed E-state index contributed by atoms with van der Waals surface area (Å²) in [5.74, 6) is 0.640. The Morgan fingerprint density at radius 3 is 2.59 bits per heavy atom. The molecule has 4 nitrogen and oxygen atoms in total. The molecule has 144 valence electrons. The van der Waals surface area contributed by atoms with Gasteiger partial charge < -0.3 is 10.6 Å². The number of nitrogens with zero attached hydrogens (tertiary/aromatic N) is 2. The number of halogens is 3. The highest BCUT2D eigenvalue weighted by molar-refractivity contribution is 5.80. The first-order valence-corrected chi connectivity index (χ1v) is 9.03. The van der Waals surface area contributed by atoms with Gasteiger partial charge in [-0.05, 0) is 43.5 Å². The standard InChI is InChI=1S/C20H23F3N4/c1-2-24-18(26-13-17-8-3-4-11-25-17)27-14-19(9-10-19)15-6-5-7-16(12-15)20(21,22)23/h3-8,11-12H,2,9-10,13-14H2,1H3,(H2,24,26,27). The summed E-state index contributed by atoms with van der Waals surface area (Å²) in [5.41, 5.74) is 0.726. The number of pyridine rings is 1. The number of aromatic nitrogens is 1. The Balaban J connectivity index is 1.68. The second kappa shape index (κ2) is 7.98. The van der Waals surface area contributed by atoms with Crippen LogP contribution in [0.4, 0.5) is 13.2 Å². The van der Waals surface area contributed by atoms with Crippen LogP contribution in [0.25, 0.3) is 0 Å². The highest BCUT2D eigenvalue weighted by Gasteiger charge is 2.45. The highest BCUT2D eigenvalue weighted by Crippen LogP contribution is 2.48. The average Bonchev–Trinajstić information content (AvgIpc) is 3.45. The largest absolute Gasteiger partial charge is 0.416 e. The van der Waals surface area contributed by atoms with Crippen molar-refractivity contribution in [2.45, 2.75) is 37.9 Å². The van der Waals surface area contributed by atoms with Crippen molar-refractivity contribution in [3.05, 3.63) is 65.5 Å². The number of guanidine groups is 1. The summed E-state index contributed by atoms with van der Waals surface area (Å²) in [6, 6.07) is 11.3. The Hall–Kier alpha value is -2.57. The molecule has 0 atom stereocenters. The summed E-state index contributed by atoms with van der Waals surface area (Å²) in [4.78, 5) is 8.76. The quantitative estimate of drug-likeness (QED) is 0.594. The van der Waals surface area contributed by atoms with Gasteiger partial charge in [0.05, 0.1) is 17.8 Å². The van der Waals surface area contributed by atoms with Crippen LogP contribution in [0.2, 0.25) is 0 Å². The minimum absolute atomic E-state index is 0.261. The van der Waals surface area contributed by atoms with Gasteiger partial charge in [-0.15, -0.1) is 0 Å². The van der Waals surface area contributed by atoms with E-state index in [-0.39, 0.29) is 5.41 Å². The molecule has 0 bridgehead atoms. The maximum Gasteiger partial charge on any atom is 0.416 e. The number of nitrogens with one attached hydrogen (secondary N) is 2. The minimum atomic E-state index is -4.32. The van der Waals surface area contributed by atoms with E-state index in [0.717, 1.165) is 30.2 Å². The Morgan fingerprint density at radius 2 is 1.96 bits per heavy atom. The third-order valence-electron chi connectivity index (χ3n) is 4.72. The molecule has 0 spiro atoms. The van der Waals surface area contributed by atoms with E-state index in [1.807, 2.05) is 25.1 Å². The molecule has 1 saturated carbocycles. The molecule has 0 amide bonds. The van der Waals surface area contributed by atoms with Crippen LogP contribution in [0.1, 0.15) is 36.6 Å². The van der Waals surface area contributed by atoms with Gasteiger partial charge in [-0.2, -0.15) is 13.2 Å². The molecule has 1 aromatic carbocycles. The van der Waals surface area contributed by atoms with Crippen LogP contribution in [0.5, 0.6) is 0 Å². The molecule has 7 heteroatoms. The average molecular weight is 376 g/mol. The molecule has 2 N–H and O–H groups in total. The molecule has 1 aromatic heterocycles. The van der Waals surface area contributed by atoms with Gasteiger partial charge in [0.25, 0.3) is 0 Å². The van der Waals surface area contributed by atoms with Crippen LogP contribution >= 0.6 is 0 Å². The van der Waals surface area contributed by atoms with Crippen molar-refractivity contribution < 1.29 is 13.2 Å². The first-order valence-electron chi connectivity index (χ1n) is 9.03. The fraction of sp³-hybridized carbons (Fsp3) is 0.400. The number of hydrogen-bond donors (Lipinski definition) is 2. The lowest BCUT2D eigenvalue weighted by Gasteiger charge is -2.20. The Labute approximate surface area is 156 Å². The number of aliphatic imine (C=N–C) groups is 1. The molecule has 3 rings (SSSR count). The summed E-state index contributed by atoms with van der Waals surface area (Å²) in [6.45, 7) is 3.65. The van der Waals surface area contributed by atoms with Gasteiger partial charge in [-0.1, -0.05) is 24.3 Å². The Morgan fingerprint density at radius 1 is 1.15 bits per heavy atom. The van der Waals surface area contributed by atoms with Crippen LogP contribution in [-0.2, 0) is 18.1 Å². The van der Waals surface area contributed by atoms with E-state index >= 15 is 0 Å². The smallest absolute Gasteiger partial charge is 0.357 e. The summed E-state index contributed by atoms with van der Waals surface area (Å²) < 4.78 is 39.0. The Kier molecular flexibility index (Phi) is 5.68. The Bertz CT molecular complexity index is 783. The van der Waals surface area contributed by atoms with Gasteiger partial charge >= 0.3 is 6.18 Å². The van der Waals surface area contributed by atoms with Crippen molar-refractivity contribution in [1.82, 2.24) is 15.6 Å². The van der Waals surface area contributed by atoms with Gasteiger partial charge in [-0.25, -0.2) is 4.99 Å². The molecule has 1 aliphatic rings. The minimum Gasteiger partial charge on any atom is -0.357 e. The van der Waals surface area contributed by atoms with Gasteiger partial charge in [0.15, 0.2) is 5.96 Å². The van der Waals surface area contributed by atoms with Crippen LogP contribution in [-0.4, -0.2) is 24.0 Å². The van der Waals surface area contributed by atoms with Crippen LogP contribution in [0, 0.1) is 0 Å². The van der Waals surface area contributed by atoms with Crippen molar-refractivity contribution in [3.63, 3.8) is 0 Å². The lowest BCUT2D eigenvalue weighted by atomic mass is 9.94. The molecule has 0 unspecified atom stereocenters. The topological polar surface area (TPSA) is 49.3 Å². The molecule has 1 heterocycles. The molecule has 1 fully saturated rings. The lowest BCUT2D eigenvalue weighted by molar-refractivity contribution is -0.137. The highest BCUT2D eigenvalue weighted by atomic mass is 19.4. The van der Waals surface area contributed by atoms with E-state index in [2.05, 4.69) is 20.6 Å². The monoisotopic (exact) mass is 376 g/mol. The van der Waals surface area contributed by atoms with Crippen LogP contribution in [0.15, 0.2) is 53.7 Å². The van der Waals surface area contributed by atoms with E-state index in [0.29, 0.717) is 25.6 Å². The first kappa shape index (κ1) is 19.2. The van der Waals surface area contributed by atoms with Crippen molar-refractivity contribution in [3.8, 4) is 0 Å². The summed E-state index contributed by atoms with van der Waals surface area (Å²) in [6.07, 6.45) is -0.876. The van der Waals surface area contributed by atoms with Gasteiger partial charge in [0.1, 0.15) is 0 Å². The fourth-order valence-electron chi connectivity index (χ4n) is 2.99. The first-order chi connectivity index (χ1) is 12.9. The van der Waals surface area contributed by atoms with E-state index in [9.17, 15) is 13.2 Å². The number of hydrogen-bond acceptors (Lipinski definition) is 2. The van der Waals surface area contributed by atoms with E-state index in [1.54, 1.807) is 12.3 Å². The normalized spacial score (nSPS) is 16.1. The number of alkyl halides is 3. The van der Waals surface area contributed by atoms with E-state index < -0.39 is 11.7 Å². The molecular weight excluding hydrogens is 353 g/mol. The number of rotatable bonds is 6. The van der Waals surface area contributed by atoms with Crippen molar-refractivity contribution in [2.75, 3.05) is 13.1 Å². The predicted molar refractivity (Wildman–Crippen MR) is 99.4 cm³/mol. The van der Waals surface area contributed by atoms with E-state index in [4.69, 9.17) is 0 Å². The molecule has 2 aromatic rings. The summed E-state index contributed by atoms with van der Waals surface area (Å²) >= 11 is 0. The second-order valence-electron chi connectivity index (χ2n) is 6.73. The van der Waals surface area contributed by atoms with E-state index in [1.165, 1.54) is 12.1 Å². The van der Waals surface area contributed by atoms with Crippen molar-refractivity contribution in [2.24, 2.45) is 4.99 Å². The third-order valence-corrected chi connectivity index (χ3v) is 4.72. The molecule has 0 saturated heterocycles. The third kappa shape index (κ3) is 4.99. The maximum atomic E-state index is 13.0. The lowest BCUT2D eigenvalue weighted by Crippen LogP contribution is -2.41. The second-order valence-corrected chi connectivity index (χ2v) is 6.73. The van der Waals surface area contributed by atoms with Gasteiger partial charge in [0, 0.05) is 24.7 Å². The van der Waals surface area contributed by atoms with Crippen molar-refractivity contribution in [1.29, 1.82) is 0 Å². The van der Waals surface area contributed by atoms with Crippen LogP contribution in [0.3, 0.4) is 0 Å². The zero-order chi connectivity index (χ0) is 19.3. The zero-order valence-corrected chi connectivity index (χ0v) is 15.2. The molecular formula is C20H23F3N4. The summed E-state index contributed by atoms with van der Waals surface area (Å²) in [5, 5.41) is 6.45. The fourth-order valence-corrected chi connectivity index (χ4v) is 2.99. The van der Waals surface area contributed by atoms with Crippen LogP contribution < -0.4 is 10.6 Å².